The number of rotatable bonds is 2. The molecule has 0 aromatic carbocycles. The van der Waals surface area contributed by atoms with Gasteiger partial charge in [-0.3, -0.25) is 4.79 Å². The van der Waals surface area contributed by atoms with Crippen LogP contribution in [0.25, 0.3) is 0 Å². The van der Waals surface area contributed by atoms with Crippen LogP contribution in [0.2, 0.25) is 0 Å². The maximum Gasteiger partial charge on any atom is 0.490 e. The van der Waals surface area contributed by atoms with Crippen molar-refractivity contribution in [3.8, 4) is 0 Å². The minimum absolute atomic E-state index is 0.111. The van der Waals surface area contributed by atoms with Crippen molar-refractivity contribution in [1.29, 1.82) is 0 Å². The van der Waals surface area contributed by atoms with Gasteiger partial charge in [-0.15, -0.1) is 0 Å². The fraction of sp³-hybridized carbons (Fsp3) is 0.810. The summed E-state index contributed by atoms with van der Waals surface area (Å²) >= 11 is 0. The first-order valence-corrected chi connectivity index (χ1v) is 10.6. The Bertz CT molecular complexity index is 682. The van der Waals surface area contributed by atoms with E-state index < -0.39 is 5.60 Å². The van der Waals surface area contributed by atoms with Crippen LogP contribution >= 0.6 is 0 Å². The molecule has 3 rings (SSSR count). The molecule has 3 heterocycles. The molecule has 3 aliphatic heterocycles. The second kappa shape index (κ2) is 7.62. The molecule has 8 heteroatoms. The normalized spacial score (nSPS) is 26.5. The van der Waals surface area contributed by atoms with E-state index in [0.29, 0.717) is 32.6 Å². The second-order valence-electron chi connectivity index (χ2n) is 10.3. The van der Waals surface area contributed by atoms with Crippen LogP contribution < -0.4 is 0 Å². The first kappa shape index (κ1) is 22.2. The number of nitrogens with zero attached hydrogens (tertiary/aromatic N) is 2. The van der Waals surface area contributed by atoms with E-state index in [1.807, 2.05) is 53.4 Å². The highest BCUT2D eigenvalue weighted by atomic mass is 16.7. The van der Waals surface area contributed by atoms with Crippen LogP contribution in [0.4, 0.5) is 4.79 Å². The van der Waals surface area contributed by atoms with Crippen molar-refractivity contribution in [3.05, 3.63) is 11.5 Å². The molecule has 0 N–H and O–H groups in total. The Kier molecular flexibility index (Phi) is 5.82. The van der Waals surface area contributed by atoms with Gasteiger partial charge in [0.15, 0.2) is 0 Å². The fourth-order valence-corrected chi connectivity index (χ4v) is 3.81. The summed E-state index contributed by atoms with van der Waals surface area (Å²) in [5, 5.41) is 0. The number of amides is 2. The maximum absolute atomic E-state index is 12.9. The van der Waals surface area contributed by atoms with Crippen LogP contribution in [0.3, 0.4) is 0 Å². The molecule has 7 nitrogen and oxygen atoms in total. The SMILES string of the molecule is CC(C)(C)OC(=O)N1CCC(C(=O)N2CC=C(B3OC(C)(C)C(C)(C)O3)CC2)C1. The molecule has 0 spiro atoms. The number of hydrogen-bond acceptors (Lipinski definition) is 5. The highest BCUT2D eigenvalue weighted by molar-refractivity contribution is 6.54. The second-order valence-corrected chi connectivity index (χ2v) is 10.3. The zero-order valence-corrected chi connectivity index (χ0v) is 18.9. The molecule has 2 fully saturated rings. The molecule has 0 aromatic heterocycles. The lowest BCUT2D eigenvalue weighted by Crippen LogP contribution is -2.42. The third-order valence-electron chi connectivity index (χ3n) is 6.30. The van der Waals surface area contributed by atoms with Crippen LogP contribution in [0.1, 0.15) is 61.3 Å². The van der Waals surface area contributed by atoms with Gasteiger partial charge in [0.25, 0.3) is 0 Å². The van der Waals surface area contributed by atoms with Gasteiger partial charge in [-0.25, -0.2) is 4.79 Å². The molecule has 2 amide bonds. The highest BCUT2D eigenvalue weighted by Crippen LogP contribution is 2.39. The van der Waals surface area contributed by atoms with Crippen molar-refractivity contribution < 1.29 is 23.6 Å². The molecule has 162 valence electrons. The van der Waals surface area contributed by atoms with E-state index in [9.17, 15) is 9.59 Å². The molecular formula is C21H35BN2O5. The Morgan fingerprint density at radius 3 is 2.24 bits per heavy atom. The number of carbonyl (C=O) groups excluding carboxylic acids is 2. The number of hydrogen-bond donors (Lipinski definition) is 0. The Morgan fingerprint density at radius 1 is 1.10 bits per heavy atom. The van der Waals surface area contributed by atoms with Gasteiger partial charge in [-0.2, -0.15) is 0 Å². The molecular weight excluding hydrogens is 371 g/mol. The average molecular weight is 406 g/mol. The summed E-state index contributed by atoms with van der Waals surface area (Å²) in [6, 6.07) is 0. The Labute approximate surface area is 174 Å². The Hall–Kier alpha value is -1.54. The summed E-state index contributed by atoms with van der Waals surface area (Å²) < 4.78 is 17.7. The molecule has 2 saturated heterocycles. The zero-order valence-electron chi connectivity index (χ0n) is 18.9. The zero-order chi connectivity index (χ0) is 21.6. The highest BCUT2D eigenvalue weighted by Gasteiger charge is 2.52. The topological polar surface area (TPSA) is 68.3 Å². The minimum atomic E-state index is -0.527. The fourth-order valence-electron chi connectivity index (χ4n) is 3.81. The van der Waals surface area contributed by atoms with E-state index in [1.165, 1.54) is 0 Å². The summed E-state index contributed by atoms with van der Waals surface area (Å²) in [6.45, 7) is 15.9. The summed E-state index contributed by atoms with van der Waals surface area (Å²) in [7, 11) is -0.341. The smallest absolute Gasteiger partial charge is 0.444 e. The van der Waals surface area contributed by atoms with Gasteiger partial charge in [0, 0.05) is 26.2 Å². The van der Waals surface area contributed by atoms with Crippen molar-refractivity contribution in [3.63, 3.8) is 0 Å². The van der Waals surface area contributed by atoms with Crippen LogP contribution in [0.15, 0.2) is 11.5 Å². The molecule has 0 bridgehead atoms. The quantitative estimate of drug-likeness (QED) is 0.660. The van der Waals surface area contributed by atoms with Gasteiger partial charge in [0.1, 0.15) is 5.60 Å². The Morgan fingerprint density at radius 2 is 1.72 bits per heavy atom. The van der Waals surface area contributed by atoms with Gasteiger partial charge < -0.3 is 23.8 Å². The van der Waals surface area contributed by atoms with Gasteiger partial charge in [0.05, 0.1) is 17.1 Å². The predicted molar refractivity (Wildman–Crippen MR) is 111 cm³/mol. The average Bonchev–Trinajstić information content (AvgIpc) is 3.16. The van der Waals surface area contributed by atoms with Crippen LogP contribution in [-0.4, -0.2) is 71.9 Å². The van der Waals surface area contributed by atoms with Crippen molar-refractivity contribution in [2.75, 3.05) is 26.2 Å². The molecule has 1 unspecified atom stereocenters. The molecule has 0 radical (unpaired) electrons. The first-order valence-electron chi connectivity index (χ1n) is 10.6. The first-order chi connectivity index (χ1) is 13.3. The number of likely N-dealkylation sites (tertiary alicyclic amines) is 1. The third-order valence-corrected chi connectivity index (χ3v) is 6.30. The summed E-state index contributed by atoms with van der Waals surface area (Å²) in [6.07, 6.45) is 3.15. The minimum Gasteiger partial charge on any atom is -0.444 e. The van der Waals surface area contributed by atoms with Gasteiger partial charge in [-0.1, -0.05) is 6.08 Å². The van der Waals surface area contributed by atoms with E-state index in [0.717, 1.165) is 11.9 Å². The molecule has 0 saturated carbocycles. The lowest BCUT2D eigenvalue weighted by atomic mass is 9.74. The monoisotopic (exact) mass is 406 g/mol. The maximum atomic E-state index is 12.9. The lowest BCUT2D eigenvalue weighted by molar-refractivity contribution is -0.134. The standard InChI is InChI=1S/C21H35BN2O5/c1-19(2,3)27-18(26)24-11-8-15(14-24)17(25)23-12-9-16(10-13-23)22-28-20(4,5)21(6,7)29-22/h9,15H,8,10-14H2,1-7H3. The predicted octanol–water partition coefficient (Wildman–Crippen LogP) is 3.03. The largest absolute Gasteiger partial charge is 0.490 e. The van der Waals surface area contributed by atoms with Gasteiger partial charge in [0.2, 0.25) is 5.91 Å². The molecule has 29 heavy (non-hydrogen) atoms. The van der Waals surface area contributed by atoms with Crippen LogP contribution in [-0.2, 0) is 18.8 Å². The lowest BCUT2D eigenvalue weighted by Gasteiger charge is -2.32. The van der Waals surface area contributed by atoms with Crippen molar-refractivity contribution in [2.45, 2.75) is 78.1 Å². The van der Waals surface area contributed by atoms with Gasteiger partial charge in [-0.05, 0) is 66.8 Å². The third kappa shape index (κ3) is 4.80. The summed E-state index contributed by atoms with van der Waals surface area (Å²) in [5.74, 6) is -0.0467. The van der Waals surface area contributed by atoms with E-state index in [-0.39, 0.29) is 36.2 Å². The number of carbonyl (C=O) groups is 2. The molecule has 3 aliphatic rings. The summed E-state index contributed by atoms with van der Waals surface area (Å²) in [5.41, 5.74) is -0.142. The van der Waals surface area contributed by atoms with E-state index in [4.69, 9.17) is 14.0 Å². The van der Waals surface area contributed by atoms with Crippen LogP contribution in [0.5, 0.6) is 0 Å². The van der Waals surface area contributed by atoms with Crippen LogP contribution in [0, 0.1) is 5.92 Å². The number of ether oxygens (including phenoxy) is 1. The molecule has 1 atom stereocenters. The van der Waals surface area contributed by atoms with E-state index in [1.54, 1.807) is 4.90 Å². The molecule has 0 aromatic rings. The van der Waals surface area contributed by atoms with Gasteiger partial charge >= 0.3 is 13.2 Å². The Balaban J connectivity index is 1.54. The van der Waals surface area contributed by atoms with Crippen molar-refractivity contribution >= 4 is 19.1 Å². The molecule has 0 aliphatic carbocycles. The van der Waals surface area contributed by atoms with E-state index in [2.05, 4.69) is 6.08 Å². The van der Waals surface area contributed by atoms with Crippen molar-refractivity contribution in [1.82, 2.24) is 9.80 Å². The van der Waals surface area contributed by atoms with E-state index >= 15 is 0 Å². The summed E-state index contributed by atoms with van der Waals surface area (Å²) in [4.78, 5) is 28.7. The van der Waals surface area contributed by atoms with Crippen molar-refractivity contribution in [2.24, 2.45) is 5.92 Å².